The molecular formula is C18H28OTi. The van der Waals surface area contributed by atoms with Gasteiger partial charge in [0.05, 0.1) is 0 Å². The summed E-state index contributed by atoms with van der Waals surface area (Å²) in [5.41, 5.74) is 0. The van der Waals surface area contributed by atoms with Crippen LogP contribution in [0.2, 0.25) is 0 Å². The van der Waals surface area contributed by atoms with Crippen LogP contribution in [-0.4, -0.2) is 11.7 Å². The van der Waals surface area contributed by atoms with E-state index >= 15 is 0 Å². The smallest absolute Gasteiger partial charge is 0.396 e. The van der Waals surface area contributed by atoms with Gasteiger partial charge in [-0.05, 0) is 12.3 Å². The number of rotatable bonds is 5. The summed E-state index contributed by atoms with van der Waals surface area (Å²) in [6.45, 7) is 4.69. The fourth-order valence-corrected chi connectivity index (χ4v) is 1.56. The predicted octanol–water partition coefficient (Wildman–Crippen LogP) is 5.00. The van der Waals surface area contributed by atoms with Crippen molar-refractivity contribution < 1.29 is 26.8 Å². The van der Waals surface area contributed by atoms with Crippen molar-refractivity contribution in [2.75, 3.05) is 6.61 Å². The summed E-state index contributed by atoms with van der Waals surface area (Å²) in [6.07, 6.45) is 4.83. The molecule has 0 saturated carbocycles. The van der Waals surface area contributed by atoms with Crippen LogP contribution in [-0.2, 0) is 21.7 Å². The van der Waals surface area contributed by atoms with Gasteiger partial charge in [-0.15, -0.1) is 0 Å². The van der Waals surface area contributed by atoms with Crippen LogP contribution >= 0.6 is 0 Å². The van der Waals surface area contributed by atoms with Crippen LogP contribution in [0.1, 0.15) is 39.5 Å². The van der Waals surface area contributed by atoms with Gasteiger partial charge in [0.2, 0.25) is 0 Å². The van der Waals surface area contributed by atoms with E-state index in [1.54, 1.807) is 0 Å². The first-order valence-corrected chi connectivity index (χ1v) is 7.29. The first-order chi connectivity index (χ1) is 9.35. The van der Waals surface area contributed by atoms with E-state index in [0.29, 0.717) is 12.5 Å². The van der Waals surface area contributed by atoms with Gasteiger partial charge in [0.25, 0.3) is 0 Å². The van der Waals surface area contributed by atoms with Crippen LogP contribution in [0.5, 0.6) is 0 Å². The molecule has 0 saturated heterocycles. The summed E-state index contributed by atoms with van der Waals surface area (Å²) in [4.78, 5) is 0. The third kappa shape index (κ3) is 15.4. The number of hydrogen-bond donors (Lipinski definition) is 1. The number of unbranched alkanes of at least 4 members (excludes halogenated alkanes) is 1. The molecule has 0 aliphatic carbocycles. The minimum absolute atomic E-state index is 0. The second kappa shape index (κ2) is 18.4. The van der Waals surface area contributed by atoms with E-state index in [9.17, 15) is 0 Å². The number of aliphatic hydroxyl groups is 1. The maximum atomic E-state index is 8.75. The Balaban J connectivity index is 0. The van der Waals surface area contributed by atoms with Gasteiger partial charge < -0.3 is 5.11 Å². The standard InChI is InChI=1S/C8H18O.2C5H5.Ti/c1-3-5-6-8(4-2)7-9;2*1-2-4-5-3-1;/h8-9H,3-7H2,1-2H3;2*1-5H;/q;2*-1;+2. The summed E-state index contributed by atoms with van der Waals surface area (Å²) < 4.78 is 0. The first kappa shape index (κ1) is 21.7. The predicted molar refractivity (Wildman–Crippen MR) is 84.5 cm³/mol. The Kier molecular flexibility index (Phi) is 19.9. The molecule has 1 unspecified atom stereocenters. The van der Waals surface area contributed by atoms with Gasteiger partial charge in [0.15, 0.2) is 0 Å². The molecule has 2 heteroatoms. The normalized spacial score (nSPS) is 10.2. The molecule has 0 spiro atoms. The van der Waals surface area contributed by atoms with Crippen molar-refractivity contribution >= 4 is 0 Å². The van der Waals surface area contributed by atoms with E-state index in [1.807, 2.05) is 60.7 Å². The molecule has 1 N–H and O–H groups in total. The molecule has 0 radical (unpaired) electrons. The van der Waals surface area contributed by atoms with Crippen LogP contribution in [0.4, 0.5) is 0 Å². The number of aliphatic hydroxyl groups excluding tert-OH is 1. The second-order valence-corrected chi connectivity index (χ2v) is 4.52. The quantitative estimate of drug-likeness (QED) is 0.608. The molecule has 0 aromatic heterocycles. The summed E-state index contributed by atoms with van der Waals surface area (Å²) in [6, 6.07) is 20.0. The van der Waals surface area contributed by atoms with Crippen molar-refractivity contribution in [1.82, 2.24) is 0 Å². The molecule has 0 aliphatic heterocycles. The van der Waals surface area contributed by atoms with Crippen molar-refractivity contribution in [3.8, 4) is 0 Å². The maximum Gasteiger partial charge on any atom is 2.00 e. The van der Waals surface area contributed by atoms with Crippen molar-refractivity contribution in [2.24, 2.45) is 5.92 Å². The van der Waals surface area contributed by atoms with Crippen LogP contribution < -0.4 is 0 Å². The maximum absolute atomic E-state index is 8.75. The zero-order valence-electron chi connectivity index (χ0n) is 12.8. The molecule has 2 aromatic rings. The fraction of sp³-hybridized carbons (Fsp3) is 0.444. The summed E-state index contributed by atoms with van der Waals surface area (Å²) in [5, 5.41) is 8.75. The largest absolute Gasteiger partial charge is 2.00 e. The van der Waals surface area contributed by atoms with Crippen LogP contribution in [0.25, 0.3) is 0 Å². The van der Waals surface area contributed by atoms with E-state index in [1.165, 1.54) is 19.3 Å². The van der Waals surface area contributed by atoms with Gasteiger partial charge in [0, 0.05) is 6.61 Å². The molecule has 0 fully saturated rings. The van der Waals surface area contributed by atoms with Crippen molar-refractivity contribution in [3.63, 3.8) is 0 Å². The van der Waals surface area contributed by atoms with Crippen LogP contribution in [0.15, 0.2) is 60.7 Å². The Bertz CT molecular complexity index is 248. The molecular weight excluding hydrogens is 280 g/mol. The van der Waals surface area contributed by atoms with Gasteiger partial charge in [-0.3, -0.25) is 0 Å². The van der Waals surface area contributed by atoms with E-state index in [2.05, 4.69) is 13.8 Å². The zero-order valence-corrected chi connectivity index (χ0v) is 14.4. The fourth-order valence-electron chi connectivity index (χ4n) is 1.56. The van der Waals surface area contributed by atoms with E-state index in [4.69, 9.17) is 5.11 Å². The summed E-state index contributed by atoms with van der Waals surface area (Å²) in [7, 11) is 0. The van der Waals surface area contributed by atoms with E-state index in [0.717, 1.165) is 6.42 Å². The average molecular weight is 308 g/mol. The minimum atomic E-state index is 0. The van der Waals surface area contributed by atoms with Gasteiger partial charge in [0.1, 0.15) is 0 Å². The Labute approximate surface area is 139 Å². The van der Waals surface area contributed by atoms with Crippen molar-refractivity contribution in [1.29, 1.82) is 0 Å². The molecule has 0 bridgehead atoms. The molecule has 1 nitrogen and oxygen atoms in total. The average Bonchev–Trinajstić information content (AvgIpc) is 3.18. The third-order valence-electron chi connectivity index (χ3n) is 2.91. The Hall–Kier alpha value is -0.626. The van der Waals surface area contributed by atoms with E-state index in [-0.39, 0.29) is 21.7 Å². The molecule has 110 valence electrons. The first-order valence-electron chi connectivity index (χ1n) is 7.29. The molecule has 20 heavy (non-hydrogen) atoms. The topological polar surface area (TPSA) is 20.2 Å². The van der Waals surface area contributed by atoms with Gasteiger partial charge in [-0.25, -0.2) is 24.3 Å². The summed E-state index contributed by atoms with van der Waals surface area (Å²) in [5.74, 6) is 0.560. The molecule has 1 atom stereocenters. The van der Waals surface area contributed by atoms with Gasteiger partial charge in [-0.1, -0.05) is 33.1 Å². The minimum Gasteiger partial charge on any atom is -0.396 e. The molecule has 0 aliphatic rings. The zero-order chi connectivity index (χ0) is 14.2. The summed E-state index contributed by atoms with van der Waals surface area (Å²) >= 11 is 0. The molecule has 2 rings (SSSR count). The third-order valence-corrected chi connectivity index (χ3v) is 2.91. The Morgan fingerprint density at radius 1 is 0.900 bits per heavy atom. The van der Waals surface area contributed by atoms with E-state index < -0.39 is 0 Å². The monoisotopic (exact) mass is 308 g/mol. The number of hydrogen-bond acceptors (Lipinski definition) is 1. The van der Waals surface area contributed by atoms with Crippen LogP contribution in [0, 0.1) is 5.92 Å². The van der Waals surface area contributed by atoms with Crippen molar-refractivity contribution in [3.05, 3.63) is 60.7 Å². The van der Waals surface area contributed by atoms with Crippen LogP contribution in [0.3, 0.4) is 0 Å². The molecule has 0 amide bonds. The van der Waals surface area contributed by atoms with Crippen molar-refractivity contribution in [2.45, 2.75) is 39.5 Å². The van der Waals surface area contributed by atoms with Gasteiger partial charge >= 0.3 is 21.7 Å². The van der Waals surface area contributed by atoms with Gasteiger partial charge in [-0.2, -0.15) is 36.4 Å². The molecule has 2 aromatic carbocycles. The SMILES string of the molecule is CCCCC(CC)CO.[Ti+2].c1cc[cH-]c1.c1cc[cH-]c1. The Morgan fingerprint density at radius 3 is 1.55 bits per heavy atom. The Morgan fingerprint density at radius 2 is 1.35 bits per heavy atom. The molecule has 0 heterocycles. The second-order valence-electron chi connectivity index (χ2n) is 4.52.